The molecule has 0 unspecified atom stereocenters. The number of fused-ring (bicyclic) bond motifs is 1. The number of rotatable bonds is 9. The molecule has 3 aromatic heterocycles. The molecule has 1 aromatic carbocycles. The molecule has 16 heteroatoms. The predicted molar refractivity (Wildman–Crippen MR) is 214 cm³/mol. The predicted octanol–water partition coefficient (Wildman–Crippen LogP) is 5.89. The van der Waals surface area contributed by atoms with Gasteiger partial charge in [0.05, 0.1) is 27.8 Å². The minimum absolute atomic E-state index is 0. The van der Waals surface area contributed by atoms with Crippen LogP contribution in [0.1, 0.15) is 79.8 Å². The Kier molecular flexibility index (Phi) is 12.2. The number of likely N-dealkylation sites (tertiary alicyclic amines) is 1. The summed E-state index contributed by atoms with van der Waals surface area (Å²) in [4.78, 5) is 57.2. The van der Waals surface area contributed by atoms with Crippen LogP contribution in [0.2, 0.25) is 5.02 Å². The Morgan fingerprint density at radius 3 is 2.39 bits per heavy atom. The lowest BCUT2D eigenvalue weighted by Crippen LogP contribution is -2.49. The van der Waals surface area contributed by atoms with Gasteiger partial charge in [0.15, 0.2) is 0 Å². The molecule has 14 nitrogen and oxygen atoms in total. The van der Waals surface area contributed by atoms with Gasteiger partial charge in [0.1, 0.15) is 17.6 Å². The van der Waals surface area contributed by atoms with Crippen molar-refractivity contribution in [1.29, 1.82) is 5.26 Å². The number of amides is 4. The molecule has 1 saturated carbocycles. The highest BCUT2D eigenvalue weighted by Gasteiger charge is 2.30. The molecule has 4 aliphatic rings. The van der Waals surface area contributed by atoms with E-state index < -0.39 is 6.03 Å². The lowest BCUT2D eigenvalue weighted by molar-refractivity contribution is -0.120. The first-order valence-electron chi connectivity index (χ1n) is 19.3. The van der Waals surface area contributed by atoms with Gasteiger partial charge >= 0.3 is 6.03 Å². The summed E-state index contributed by atoms with van der Waals surface area (Å²) in [6, 6.07) is 11.2. The van der Waals surface area contributed by atoms with Crippen LogP contribution in [0.4, 0.5) is 16.6 Å². The van der Waals surface area contributed by atoms with Crippen molar-refractivity contribution in [2.24, 2.45) is 5.92 Å². The smallest absolute Gasteiger partial charge is 0.329 e. The van der Waals surface area contributed by atoms with E-state index in [9.17, 15) is 14.4 Å². The molecule has 8 rings (SSSR count). The second-order valence-electron chi connectivity index (χ2n) is 15.1. The van der Waals surface area contributed by atoms with Crippen molar-refractivity contribution >= 4 is 64.5 Å². The summed E-state index contributed by atoms with van der Waals surface area (Å²) in [7, 11) is 0. The summed E-state index contributed by atoms with van der Waals surface area (Å²) in [6.07, 6.45) is 14.9. The number of halogens is 2. The number of aromatic nitrogens is 4. The van der Waals surface area contributed by atoms with Gasteiger partial charge in [0.2, 0.25) is 11.9 Å². The number of carbonyl (C=O) groups excluding carboxylic acids is 3. The van der Waals surface area contributed by atoms with Crippen LogP contribution in [0, 0.1) is 17.2 Å². The average molecular weight is 802 g/mol. The second-order valence-corrected chi connectivity index (χ2v) is 15.5. The molecule has 4 fully saturated rings. The molecule has 294 valence electrons. The number of nitrogens with zero attached hydrogens (tertiary/aromatic N) is 8. The Bertz CT molecular complexity index is 2080. The van der Waals surface area contributed by atoms with Crippen molar-refractivity contribution in [3.63, 3.8) is 0 Å². The van der Waals surface area contributed by atoms with Crippen LogP contribution in [-0.2, 0) is 4.79 Å². The molecule has 4 aromatic rings. The van der Waals surface area contributed by atoms with E-state index in [4.69, 9.17) is 21.6 Å². The molecule has 2 N–H and O–H groups in total. The summed E-state index contributed by atoms with van der Waals surface area (Å²) in [5.74, 6) is 2.13. The topological polar surface area (TPSA) is 162 Å². The number of nitrogens with one attached hydrogen (secondary N) is 2. The van der Waals surface area contributed by atoms with Crippen molar-refractivity contribution in [2.75, 3.05) is 49.1 Å². The van der Waals surface area contributed by atoms with Gasteiger partial charge in [-0.2, -0.15) is 5.26 Å². The van der Waals surface area contributed by atoms with E-state index in [1.807, 2.05) is 12.1 Å². The molecule has 1 aliphatic carbocycles. The molecule has 0 atom stereocenters. The number of imide groups is 1. The summed E-state index contributed by atoms with van der Waals surface area (Å²) in [5.41, 5.74) is 1.95. The molecule has 0 radical (unpaired) electrons. The van der Waals surface area contributed by atoms with Gasteiger partial charge in [-0.25, -0.2) is 19.7 Å². The lowest BCUT2D eigenvalue weighted by atomic mass is 9.92. The summed E-state index contributed by atoms with van der Waals surface area (Å²) in [6.45, 7) is 5.27. The fourth-order valence-electron chi connectivity index (χ4n) is 8.48. The number of anilines is 2. The zero-order valence-electron chi connectivity index (χ0n) is 31.1. The zero-order chi connectivity index (χ0) is 37.9. The Morgan fingerprint density at radius 1 is 0.946 bits per heavy atom. The van der Waals surface area contributed by atoms with E-state index in [-0.39, 0.29) is 42.8 Å². The Morgan fingerprint density at radius 2 is 1.70 bits per heavy atom. The fourth-order valence-corrected chi connectivity index (χ4v) is 8.69. The highest BCUT2D eigenvalue weighted by molar-refractivity contribution is 6.31. The third kappa shape index (κ3) is 8.70. The van der Waals surface area contributed by atoms with Crippen molar-refractivity contribution in [3.05, 3.63) is 71.3 Å². The quantitative estimate of drug-likeness (QED) is 0.209. The van der Waals surface area contributed by atoms with Gasteiger partial charge < -0.3 is 24.4 Å². The number of ether oxygens (including phenoxy) is 1. The second kappa shape index (κ2) is 17.4. The SMILES string of the molecule is Cl.N#Cc1ccc(OC2CCC(NC(=O)c3cnc(N4CCC(CN5CCC(n6ccc7c(N8CCC(=O)NC8=O)nccc76)CC5)CC4)nc3)CC2)cc1Cl. The molecule has 4 amide bonds. The van der Waals surface area contributed by atoms with E-state index in [1.54, 1.807) is 41.7 Å². The first kappa shape index (κ1) is 39.3. The number of pyridine rings is 1. The average Bonchev–Trinajstić information content (AvgIpc) is 3.64. The molecule has 3 aliphatic heterocycles. The number of nitriles is 1. The number of benzene rings is 1. The van der Waals surface area contributed by atoms with Crippen LogP contribution in [-0.4, -0.2) is 93.7 Å². The molecule has 6 heterocycles. The lowest BCUT2D eigenvalue weighted by Gasteiger charge is -2.38. The van der Waals surface area contributed by atoms with Crippen LogP contribution < -0.4 is 25.2 Å². The van der Waals surface area contributed by atoms with Crippen molar-refractivity contribution in [2.45, 2.75) is 76.0 Å². The van der Waals surface area contributed by atoms with Crippen molar-refractivity contribution in [1.82, 2.24) is 35.1 Å². The molecule has 3 saturated heterocycles. The molecule has 0 spiro atoms. The van der Waals surface area contributed by atoms with Crippen LogP contribution in [0.25, 0.3) is 10.9 Å². The number of carbonyl (C=O) groups is 3. The van der Waals surface area contributed by atoms with E-state index in [0.717, 1.165) is 95.0 Å². The van der Waals surface area contributed by atoms with Crippen LogP contribution in [0.5, 0.6) is 5.75 Å². The normalized spacial score (nSPS) is 21.3. The summed E-state index contributed by atoms with van der Waals surface area (Å²) >= 11 is 6.15. The van der Waals surface area contributed by atoms with Gasteiger partial charge in [0.25, 0.3) is 5.91 Å². The Balaban J connectivity index is 0.00000480. The van der Waals surface area contributed by atoms with Gasteiger partial charge in [-0.1, -0.05) is 11.6 Å². The standard InChI is InChI=1S/C40H45ClN10O4.ClH/c41-34-21-32(4-1-27(34)22-42)55-31-5-2-29(3-6-31)46-38(53)28-23-44-39(45-24-28)49-17-8-26(9-18-49)25-48-15-10-30(11-16-48)50-19-12-33-35(50)7-14-43-37(33)51-20-13-36(52)47-40(51)54;/h1,4,7,12,14,19,21,23-24,26,29-31H,2-3,5-6,8-11,13,15-18,20,25H2,(H,46,53)(H,47,52,54);1H. The number of hydrogen-bond acceptors (Lipinski definition) is 10. The number of urea groups is 1. The maximum Gasteiger partial charge on any atom is 0.329 e. The first-order valence-corrected chi connectivity index (χ1v) is 19.7. The minimum atomic E-state index is -0.416. The third-order valence-electron chi connectivity index (χ3n) is 11.6. The molecular formula is C40H46Cl2N10O4. The maximum absolute atomic E-state index is 13.0. The van der Waals surface area contributed by atoms with Crippen molar-refractivity contribution < 1.29 is 19.1 Å². The molecule has 56 heavy (non-hydrogen) atoms. The van der Waals surface area contributed by atoms with E-state index in [0.29, 0.717) is 52.2 Å². The van der Waals surface area contributed by atoms with Gasteiger partial charge in [0, 0.05) is 94.0 Å². The fraction of sp³-hybridized carbons (Fsp3) is 0.475. The molecular weight excluding hydrogens is 755 g/mol. The first-order chi connectivity index (χ1) is 26.8. The molecule has 0 bridgehead atoms. The maximum atomic E-state index is 13.0. The van der Waals surface area contributed by atoms with Crippen LogP contribution in [0.15, 0.2) is 55.1 Å². The highest BCUT2D eigenvalue weighted by atomic mass is 35.5. The van der Waals surface area contributed by atoms with E-state index in [1.165, 1.54) is 0 Å². The summed E-state index contributed by atoms with van der Waals surface area (Å²) in [5, 5.41) is 15.9. The number of piperidine rings is 2. The Hall–Kier alpha value is -4.97. The van der Waals surface area contributed by atoms with E-state index in [2.05, 4.69) is 52.2 Å². The largest absolute Gasteiger partial charge is 0.490 e. The minimum Gasteiger partial charge on any atom is -0.490 e. The monoisotopic (exact) mass is 800 g/mol. The van der Waals surface area contributed by atoms with Crippen LogP contribution >= 0.6 is 24.0 Å². The Labute approximate surface area is 337 Å². The van der Waals surface area contributed by atoms with Crippen molar-refractivity contribution in [3.8, 4) is 11.8 Å². The van der Waals surface area contributed by atoms with Crippen LogP contribution in [0.3, 0.4) is 0 Å². The number of hydrogen-bond donors (Lipinski definition) is 2. The van der Waals surface area contributed by atoms with Gasteiger partial charge in [-0.15, -0.1) is 12.4 Å². The van der Waals surface area contributed by atoms with E-state index >= 15 is 0 Å². The third-order valence-corrected chi connectivity index (χ3v) is 11.9. The highest BCUT2D eigenvalue weighted by Crippen LogP contribution is 2.33. The summed E-state index contributed by atoms with van der Waals surface area (Å²) < 4.78 is 8.42. The van der Waals surface area contributed by atoms with Gasteiger partial charge in [-0.05, 0) is 81.5 Å². The van der Waals surface area contributed by atoms with Gasteiger partial charge in [-0.3, -0.25) is 19.8 Å². The zero-order valence-corrected chi connectivity index (χ0v) is 32.7.